The minimum atomic E-state index is 0.638. The second kappa shape index (κ2) is 3.97. The van der Waals surface area contributed by atoms with Gasteiger partial charge < -0.3 is 4.57 Å². The highest BCUT2D eigenvalue weighted by molar-refractivity contribution is 9.10. The van der Waals surface area contributed by atoms with Crippen LogP contribution in [0, 0.1) is 5.92 Å². The van der Waals surface area contributed by atoms with Gasteiger partial charge in [-0.25, -0.2) is 4.98 Å². The molecule has 80 valence electrons. The molecular weight excluding hydrogens is 252 g/mol. The van der Waals surface area contributed by atoms with Gasteiger partial charge >= 0.3 is 0 Å². The molecule has 0 unspecified atom stereocenters. The molecule has 1 heterocycles. The van der Waals surface area contributed by atoms with Crippen molar-refractivity contribution in [3.8, 4) is 0 Å². The van der Waals surface area contributed by atoms with Crippen molar-refractivity contribution in [2.75, 3.05) is 0 Å². The smallest absolute Gasteiger partial charge is 0.109 e. The van der Waals surface area contributed by atoms with E-state index in [4.69, 9.17) is 0 Å². The Morgan fingerprint density at radius 3 is 2.73 bits per heavy atom. The van der Waals surface area contributed by atoms with Gasteiger partial charge in [-0.2, -0.15) is 0 Å². The lowest BCUT2D eigenvalue weighted by Gasteiger charge is -2.05. The van der Waals surface area contributed by atoms with Crippen LogP contribution in [-0.2, 0) is 13.5 Å². The van der Waals surface area contributed by atoms with Crippen molar-refractivity contribution in [2.45, 2.75) is 20.3 Å². The summed E-state index contributed by atoms with van der Waals surface area (Å²) in [7, 11) is 2.08. The van der Waals surface area contributed by atoms with Crippen molar-refractivity contribution >= 4 is 27.0 Å². The van der Waals surface area contributed by atoms with Gasteiger partial charge in [0.2, 0.25) is 0 Å². The molecule has 1 aromatic carbocycles. The molecule has 0 saturated carbocycles. The van der Waals surface area contributed by atoms with E-state index in [1.54, 1.807) is 0 Å². The highest BCUT2D eigenvalue weighted by Crippen LogP contribution is 2.24. The molecule has 0 aliphatic rings. The van der Waals surface area contributed by atoms with Gasteiger partial charge in [0.25, 0.3) is 0 Å². The number of hydrogen-bond donors (Lipinski definition) is 0. The van der Waals surface area contributed by atoms with Crippen molar-refractivity contribution in [3.05, 3.63) is 28.5 Å². The molecule has 0 radical (unpaired) electrons. The number of nitrogens with zero attached hydrogens (tertiary/aromatic N) is 2. The average Bonchev–Trinajstić information content (AvgIpc) is 2.44. The standard InChI is InChI=1S/C12H15BrN2/c1-8(2)7-11-14-10-6-4-5-9(13)12(10)15(11)3/h4-6,8H,7H2,1-3H3. The van der Waals surface area contributed by atoms with Crippen LogP contribution in [0.25, 0.3) is 11.0 Å². The molecule has 0 aliphatic carbocycles. The van der Waals surface area contributed by atoms with Crippen LogP contribution in [0.5, 0.6) is 0 Å². The Hall–Kier alpha value is -0.830. The van der Waals surface area contributed by atoms with Crippen LogP contribution in [0.4, 0.5) is 0 Å². The number of imidazole rings is 1. The lowest BCUT2D eigenvalue weighted by atomic mass is 10.1. The molecule has 1 aromatic heterocycles. The number of aryl methyl sites for hydroxylation is 1. The fraction of sp³-hybridized carbons (Fsp3) is 0.417. The highest BCUT2D eigenvalue weighted by Gasteiger charge is 2.10. The van der Waals surface area contributed by atoms with Crippen LogP contribution in [-0.4, -0.2) is 9.55 Å². The maximum atomic E-state index is 4.65. The molecule has 0 N–H and O–H groups in total. The van der Waals surface area contributed by atoms with E-state index in [0.29, 0.717) is 5.92 Å². The second-order valence-corrected chi connectivity index (χ2v) is 5.15. The van der Waals surface area contributed by atoms with Gasteiger partial charge in [-0.3, -0.25) is 0 Å². The quantitative estimate of drug-likeness (QED) is 0.813. The summed E-state index contributed by atoms with van der Waals surface area (Å²) >= 11 is 3.57. The van der Waals surface area contributed by atoms with E-state index < -0.39 is 0 Å². The van der Waals surface area contributed by atoms with Gasteiger partial charge in [-0.1, -0.05) is 19.9 Å². The Morgan fingerprint density at radius 2 is 2.13 bits per heavy atom. The second-order valence-electron chi connectivity index (χ2n) is 4.29. The summed E-state index contributed by atoms with van der Waals surface area (Å²) in [6.45, 7) is 4.43. The SMILES string of the molecule is CC(C)Cc1nc2cccc(Br)c2n1C. The molecule has 0 fully saturated rings. The average molecular weight is 267 g/mol. The minimum Gasteiger partial charge on any atom is -0.330 e. The Kier molecular flexibility index (Phi) is 2.83. The van der Waals surface area contributed by atoms with Gasteiger partial charge in [0.05, 0.1) is 11.0 Å². The fourth-order valence-electron chi connectivity index (χ4n) is 1.82. The number of benzene rings is 1. The van der Waals surface area contributed by atoms with E-state index >= 15 is 0 Å². The first kappa shape index (κ1) is 10.7. The van der Waals surface area contributed by atoms with Crippen LogP contribution in [0.3, 0.4) is 0 Å². The third kappa shape index (κ3) is 1.93. The first-order valence-corrected chi connectivity index (χ1v) is 5.98. The number of hydrogen-bond acceptors (Lipinski definition) is 1. The molecule has 0 spiro atoms. The zero-order valence-corrected chi connectivity index (χ0v) is 10.9. The predicted molar refractivity (Wildman–Crippen MR) is 67.0 cm³/mol. The van der Waals surface area contributed by atoms with E-state index in [9.17, 15) is 0 Å². The molecule has 0 saturated heterocycles. The van der Waals surface area contributed by atoms with Crippen molar-refractivity contribution in [1.29, 1.82) is 0 Å². The summed E-state index contributed by atoms with van der Waals surface area (Å²) in [6, 6.07) is 6.14. The molecule has 3 heteroatoms. The van der Waals surface area contributed by atoms with Crippen molar-refractivity contribution in [2.24, 2.45) is 13.0 Å². The highest BCUT2D eigenvalue weighted by atomic mass is 79.9. The van der Waals surface area contributed by atoms with Crippen LogP contribution >= 0.6 is 15.9 Å². The largest absolute Gasteiger partial charge is 0.330 e. The van der Waals surface area contributed by atoms with E-state index in [1.807, 2.05) is 6.07 Å². The third-order valence-corrected chi connectivity index (χ3v) is 3.17. The van der Waals surface area contributed by atoms with Gasteiger partial charge in [0.1, 0.15) is 5.82 Å². The molecule has 0 amide bonds. The summed E-state index contributed by atoms with van der Waals surface area (Å²) in [4.78, 5) is 4.65. The monoisotopic (exact) mass is 266 g/mol. The summed E-state index contributed by atoms with van der Waals surface area (Å²) in [5.41, 5.74) is 2.26. The van der Waals surface area contributed by atoms with Crippen LogP contribution < -0.4 is 0 Å². The molecule has 15 heavy (non-hydrogen) atoms. The predicted octanol–water partition coefficient (Wildman–Crippen LogP) is 3.53. The molecule has 2 aromatic rings. The van der Waals surface area contributed by atoms with Crippen LogP contribution in [0.2, 0.25) is 0 Å². The molecule has 0 atom stereocenters. The normalized spacial score (nSPS) is 11.5. The van der Waals surface area contributed by atoms with Gasteiger partial charge in [0.15, 0.2) is 0 Å². The maximum Gasteiger partial charge on any atom is 0.109 e. The summed E-state index contributed by atoms with van der Waals surface area (Å²) in [5, 5.41) is 0. The van der Waals surface area contributed by atoms with Gasteiger partial charge in [-0.05, 0) is 34.0 Å². The zero-order valence-electron chi connectivity index (χ0n) is 9.29. The zero-order chi connectivity index (χ0) is 11.0. The Balaban J connectivity index is 2.59. The number of aromatic nitrogens is 2. The molecule has 0 bridgehead atoms. The third-order valence-electron chi connectivity index (χ3n) is 2.53. The molecule has 2 rings (SSSR count). The number of para-hydroxylation sites is 1. The van der Waals surface area contributed by atoms with E-state index in [-0.39, 0.29) is 0 Å². The van der Waals surface area contributed by atoms with Crippen molar-refractivity contribution in [3.63, 3.8) is 0 Å². The Bertz CT molecular complexity index is 486. The Labute approximate surface area is 98.4 Å². The lowest BCUT2D eigenvalue weighted by Crippen LogP contribution is -2.02. The summed E-state index contributed by atoms with van der Waals surface area (Å²) in [5.74, 6) is 1.80. The first-order valence-electron chi connectivity index (χ1n) is 5.19. The van der Waals surface area contributed by atoms with E-state index in [0.717, 1.165) is 22.2 Å². The number of fused-ring (bicyclic) bond motifs is 1. The number of halogens is 1. The van der Waals surface area contributed by atoms with Crippen molar-refractivity contribution in [1.82, 2.24) is 9.55 Å². The van der Waals surface area contributed by atoms with E-state index in [2.05, 4.69) is 58.5 Å². The molecule has 2 nitrogen and oxygen atoms in total. The first-order chi connectivity index (χ1) is 7.09. The van der Waals surface area contributed by atoms with Gasteiger partial charge in [-0.15, -0.1) is 0 Å². The fourth-order valence-corrected chi connectivity index (χ4v) is 2.44. The van der Waals surface area contributed by atoms with Crippen LogP contribution in [0.15, 0.2) is 22.7 Å². The number of rotatable bonds is 2. The van der Waals surface area contributed by atoms with Gasteiger partial charge in [0, 0.05) is 17.9 Å². The molecular formula is C12H15BrN2. The van der Waals surface area contributed by atoms with E-state index in [1.165, 1.54) is 5.52 Å². The topological polar surface area (TPSA) is 17.8 Å². The maximum absolute atomic E-state index is 4.65. The summed E-state index contributed by atoms with van der Waals surface area (Å²) < 4.78 is 3.30. The lowest BCUT2D eigenvalue weighted by molar-refractivity contribution is 0.606. The van der Waals surface area contributed by atoms with Crippen molar-refractivity contribution < 1.29 is 0 Å². The summed E-state index contributed by atoms with van der Waals surface area (Å²) in [6.07, 6.45) is 1.03. The Morgan fingerprint density at radius 1 is 1.40 bits per heavy atom. The van der Waals surface area contributed by atoms with Crippen LogP contribution in [0.1, 0.15) is 19.7 Å². The minimum absolute atomic E-state index is 0.638. The molecule has 0 aliphatic heterocycles.